The Kier molecular flexibility index (Phi) is 4.95. The van der Waals surface area contributed by atoms with Crippen molar-refractivity contribution in [1.29, 1.82) is 0 Å². The summed E-state index contributed by atoms with van der Waals surface area (Å²) in [6.45, 7) is 8.05. The minimum Gasteiger partial charge on any atom is -0.461 e. The Balaban J connectivity index is 2.18. The first kappa shape index (κ1) is 15.5. The Morgan fingerprint density at radius 2 is 1.81 bits per heavy atom. The van der Waals surface area contributed by atoms with Crippen LogP contribution in [0.15, 0.2) is 12.1 Å². The predicted octanol–water partition coefficient (Wildman–Crippen LogP) is 3.24. The zero-order valence-electron chi connectivity index (χ0n) is 13.0. The molecule has 2 aromatic heterocycles. The van der Waals surface area contributed by atoms with Crippen molar-refractivity contribution in [2.24, 2.45) is 0 Å². The Hall–Kier alpha value is -1.89. The number of ether oxygens (including phenoxy) is 1. The number of hydrogen-bond donors (Lipinski definition) is 2. The molecular weight excluding hydrogens is 286 g/mol. The molecule has 1 atom stereocenters. The van der Waals surface area contributed by atoms with Gasteiger partial charge in [0, 0.05) is 16.8 Å². The van der Waals surface area contributed by atoms with E-state index < -0.39 is 0 Å². The zero-order valence-corrected chi connectivity index (χ0v) is 13.8. The maximum Gasteiger partial charge on any atom is 0.323 e. The number of thiophene rings is 1. The predicted molar refractivity (Wildman–Crippen MR) is 86.2 cm³/mol. The highest BCUT2D eigenvalue weighted by Gasteiger charge is 2.12. The van der Waals surface area contributed by atoms with Crippen LogP contribution in [-0.2, 0) is 0 Å². The van der Waals surface area contributed by atoms with Crippen LogP contribution in [0.4, 0.5) is 11.9 Å². The Morgan fingerprint density at radius 1 is 1.10 bits per heavy atom. The lowest BCUT2D eigenvalue weighted by Crippen LogP contribution is -2.14. The van der Waals surface area contributed by atoms with E-state index >= 15 is 0 Å². The topological polar surface area (TPSA) is 72.0 Å². The van der Waals surface area contributed by atoms with E-state index in [4.69, 9.17) is 4.74 Å². The van der Waals surface area contributed by atoms with Gasteiger partial charge in [-0.3, -0.25) is 0 Å². The van der Waals surface area contributed by atoms with Gasteiger partial charge in [-0.15, -0.1) is 11.3 Å². The lowest BCUT2D eigenvalue weighted by atomic mass is 10.3. The van der Waals surface area contributed by atoms with Gasteiger partial charge >= 0.3 is 6.01 Å². The first-order valence-electron chi connectivity index (χ1n) is 6.91. The molecule has 21 heavy (non-hydrogen) atoms. The van der Waals surface area contributed by atoms with Crippen LogP contribution in [0.1, 0.15) is 36.6 Å². The third-order valence-corrected chi connectivity index (χ3v) is 3.90. The van der Waals surface area contributed by atoms with Gasteiger partial charge in [-0.05, 0) is 39.8 Å². The molecule has 0 saturated heterocycles. The number of aryl methyl sites for hydroxylation is 1. The number of anilines is 2. The molecule has 2 aromatic rings. The minimum atomic E-state index is 0.0160. The maximum absolute atomic E-state index is 5.55. The SMILES string of the molecule is CNc1nc(NC(C)c2ccc(C)s2)nc(OC(C)C)n1. The van der Waals surface area contributed by atoms with Crippen LogP contribution < -0.4 is 15.4 Å². The van der Waals surface area contributed by atoms with E-state index in [1.54, 1.807) is 18.4 Å². The normalized spacial score (nSPS) is 12.3. The molecule has 7 heteroatoms. The zero-order chi connectivity index (χ0) is 15.4. The van der Waals surface area contributed by atoms with Crippen molar-refractivity contribution in [2.45, 2.75) is 39.8 Å². The van der Waals surface area contributed by atoms with Crippen molar-refractivity contribution in [1.82, 2.24) is 15.0 Å². The van der Waals surface area contributed by atoms with Gasteiger partial charge in [-0.2, -0.15) is 15.0 Å². The molecule has 0 fully saturated rings. The van der Waals surface area contributed by atoms with E-state index in [-0.39, 0.29) is 12.1 Å². The number of nitrogens with one attached hydrogen (secondary N) is 2. The van der Waals surface area contributed by atoms with Gasteiger partial charge < -0.3 is 15.4 Å². The molecule has 0 aliphatic heterocycles. The molecule has 0 aromatic carbocycles. The highest BCUT2D eigenvalue weighted by Crippen LogP contribution is 2.25. The summed E-state index contributed by atoms with van der Waals surface area (Å²) < 4.78 is 5.55. The summed E-state index contributed by atoms with van der Waals surface area (Å²) in [4.78, 5) is 15.3. The van der Waals surface area contributed by atoms with Crippen LogP contribution in [0.5, 0.6) is 6.01 Å². The van der Waals surface area contributed by atoms with E-state index in [1.807, 2.05) is 13.8 Å². The summed E-state index contributed by atoms with van der Waals surface area (Å²) in [5, 5.41) is 6.21. The van der Waals surface area contributed by atoms with Crippen LogP contribution in [0.3, 0.4) is 0 Å². The molecule has 1 unspecified atom stereocenters. The van der Waals surface area contributed by atoms with Crippen molar-refractivity contribution in [3.63, 3.8) is 0 Å². The van der Waals surface area contributed by atoms with E-state index in [1.165, 1.54) is 9.75 Å². The fourth-order valence-electron chi connectivity index (χ4n) is 1.75. The van der Waals surface area contributed by atoms with Crippen LogP contribution in [0, 0.1) is 6.92 Å². The van der Waals surface area contributed by atoms with Crippen molar-refractivity contribution in [2.75, 3.05) is 17.7 Å². The molecular formula is C14H21N5OS. The molecule has 6 nitrogen and oxygen atoms in total. The van der Waals surface area contributed by atoms with Gasteiger partial charge in [0.05, 0.1) is 12.1 Å². The Morgan fingerprint density at radius 3 is 2.38 bits per heavy atom. The maximum atomic E-state index is 5.55. The van der Waals surface area contributed by atoms with Crippen LogP contribution in [-0.4, -0.2) is 28.1 Å². The summed E-state index contributed by atoms with van der Waals surface area (Å²) in [5.74, 6) is 0.987. The first-order valence-corrected chi connectivity index (χ1v) is 7.73. The van der Waals surface area contributed by atoms with Crippen molar-refractivity contribution in [3.05, 3.63) is 21.9 Å². The molecule has 0 amide bonds. The van der Waals surface area contributed by atoms with E-state index in [9.17, 15) is 0 Å². The van der Waals surface area contributed by atoms with E-state index in [0.29, 0.717) is 17.9 Å². The number of hydrogen-bond acceptors (Lipinski definition) is 7. The van der Waals surface area contributed by atoms with Gasteiger partial charge in [-0.25, -0.2) is 0 Å². The second-order valence-corrected chi connectivity index (χ2v) is 6.32. The largest absolute Gasteiger partial charge is 0.461 e. The van der Waals surface area contributed by atoms with Gasteiger partial charge in [0.25, 0.3) is 0 Å². The average Bonchev–Trinajstić information content (AvgIpc) is 2.84. The average molecular weight is 307 g/mol. The Labute approximate surface area is 129 Å². The second-order valence-electron chi connectivity index (χ2n) is 5.00. The summed E-state index contributed by atoms with van der Waals surface area (Å²) in [7, 11) is 1.77. The summed E-state index contributed by atoms with van der Waals surface area (Å²) in [5.41, 5.74) is 0. The number of rotatable bonds is 6. The molecule has 2 rings (SSSR count). The van der Waals surface area contributed by atoms with Crippen molar-refractivity contribution >= 4 is 23.2 Å². The van der Waals surface area contributed by atoms with Gasteiger partial charge in [-0.1, -0.05) is 0 Å². The van der Waals surface area contributed by atoms with Gasteiger partial charge in [0.2, 0.25) is 11.9 Å². The molecule has 0 aliphatic rings. The molecule has 0 radical (unpaired) electrons. The third-order valence-electron chi connectivity index (χ3n) is 2.71. The molecule has 0 saturated carbocycles. The van der Waals surface area contributed by atoms with E-state index in [0.717, 1.165) is 0 Å². The standard InChI is InChI=1S/C14H21N5OS/c1-8(2)20-14-18-12(15-5)17-13(19-14)16-10(4)11-7-6-9(3)21-11/h6-8,10H,1-5H3,(H2,15,16,17,18,19). The lowest BCUT2D eigenvalue weighted by Gasteiger charge is -2.14. The highest BCUT2D eigenvalue weighted by atomic mass is 32.1. The van der Waals surface area contributed by atoms with Crippen LogP contribution in [0.25, 0.3) is 0 Å². The quantitative estimate of drug-likeness (QED) is 0.853. The molecule has 2 heterocycles. The summed E-state index contributed by atoms with van der Waals surface area (Å²) in [6, 6.07) is 4.67. The molecule has 114 valence electrons. The Bertz CT molecular complexity index is 599. The summed E-state index contributed by atoms with van der Waals surface area (Å²) >= 11 is 1.76. The molecule has 0 spiro atoms. The third kappa shape index (κ3) is 4.29. The fraction of sp³-hybridized carbons (Fsp3) is 0.500. The molecule has 2 N–H and O–H groups in total. The number of aromatic nitrogens is 3. The van der Waals surface area contributed by atoms with Crippen LogP contribution in [0.2, 0.25) is 0 Å². The smallest absolute Gasteiger partial charge is 0.323 e. The summed E-state index contributed by atoms with van der Waals surface area (Å²) in [6.07, 6.45) is 0.0160. The van der Waals surface area contributed by atoms with Crippen molar-refractivity contribution < 1.29 is 4.74 Å². The van der Waals surface area contributed by atoms with E-state index in [2.05, 4.69) is 51.6 Å². The second kappa shape index (κ2) is 6.71. The van der Waals surface area contributed by atoms with Crippen LogP contribution >= 0.6 is 11.3 Å². The number of nitrogens with zero attached hydrogens (tertiary/aromatic N) is 3. The van der Waals surface area contributed by atoms with Gasteiger partial charge in [0.1, 0.15) is 0 Å². The van der Waals surface area contributed by atoms with Gasteiger partial charge in [0.15, 0.2) is 0 Å². The lowest BCUT2D eigenvalue weighted by molar-refractivity contribution is 0.222. The first-order chi connectivity index (χ1) is 9.97. The van der Waals surface area contributed by atoms with Crippen molar-refractivity contribution in [3.8, 4) is 6.01 Å². The monoisotopic (exact) mass is 307 g/mol. The minimum absolute atomic E-state index is 0.0160. The molecule has 0 bridgehead atoms. The fourth-order valence-corrected chi connectivity index (χ4v) is 2.63. The molecule has 0 aliphatic carbocycles. The highest BCUT2D eigenvalue weighted by molar-refractivity contribution is 7.12.